The summed E-state index contributed by atoms with van der Waals surface area (Å²) >= 11 is 2.28. The molecule has 4 heteroatoms. The number of fused-ring (bicyclic) bond motifs is 1. The fourth-order valence-electron chi connectivity index (χ4n) is 3.09. The van der Waals surface area contributed by atoms with Crippen LogP contribution in [0.1, 0.15) is 32.6 Å². The van der Waals surface area contributed by atoms with Gasteiger partial charge in [-0.05, 0) is 72.4 Å². The number of rotatable bonds is 0. The second kappa shape index (κ2) is 4.96. The van der Waals surface area contributed by atoms with Crippen LogP contribution >= 0.6 is 22.6 Å². The lowest BCUT2D eigenvalue weighted by Crippen LogP contribution is -2.42. The van der Waals surface area contributed by atoms with E-state index in [1.807, 2.05) is 6.07 Å². The molecule has 1 aromatic carbocycles. The largest absolute Gasteiger partial charge is 0.382 e. The van der Waals surface area contributed by atoms with Crippen LogP contribution in [-0.2, 0) is 4.79 Å². The van der Waals surface area contributed by atoms with Crippen molar-refractivity contribution in [3.05, 3.63) is 21.8 Å². The highest BCUT2D eigenvalue weighted by Crippen LogP contribution is 2.42. The highest BCUT2D eigenvalue weighted by molar-refractivity contribution is 14.1. The zero-order valence-electron chi connectivity index (χ0n) is 11.1. The quantitative estimate of drug-likeness (QED) is 0.682. The van der Waals surface area contributed by atoms with Gasteiger partial charge in [-0.3, -0.25) is 4.79 Å². The summed E-state index contributed by atoms with van der Waals surface area (Å²) in [7, 11) is 0. The zero-order chi connectivity index (χ0) is 13.5. The van der Waals surface area contributed by atoms with Crippen LogP contribution in [0.25, 0.3) is 0 Å². The maximum Gasteiger partial charge on any atom is 0.232 e. The Morgan fingerprint density at radius 1 is 1.26 bits per heavy atom. The van der Waals surface area contributed by atoms with Crippen LogP contribution in [0.2, 0.25) is 0 Å². The van der Waals surface area contributed by atoms with Crippen LogP contribution in [0.3, 0.4) is 0 Å². The van der Waals surface area contributed by atoms with Crippen molar-refractivity contribution in [3.8, 4) is 0 Å². The predicted octanol–water partition coefficient (Wildman–Crippen LogP) is 3.85. The molecule has 1 aliphatic heterocycles. The molecule has 0 radical (unpaired) electrons. The van der Waals surface area contributed by atoms with Gasteiger partial charge in [-0.25, -0.2) is 0 Å². The van der Waals surface area contributed by atoms with Crippen molar-refractivity contribution in [1.29, 1.82) is 0 Å². The molecule has 1 heterocycles. The minimum atomic E-state index is -0.211. The van der Waals surface area contributed by atoms with Crippen molar-refractivity contribution in [2.24, 2.45) is 11.3 Å². The summed E-state index contributed by atoms with van der Waals surface area (Å²) in [6, 6.07) is 6.16. The zero-order valence-corrected chi connectivity index (χ0v) is 13.3. The molecule has 0 unspecified atom stereocenters. The molecular formula is C15H19IN2O. The lowest BCUT2D eigenvalue weighted by atomic mass is 9.70. The minimum absolute atomic E-state index is 0.202. The molecule has 1 aliphatic carbocycles. The number of anilines is 2. The Labute approximate surface area is 127 Å². The van der Waals surface area contributed by atoms with Gasteiger partial charge in [-0.2, -0.15) is 0 Å². The lowest BCUT2D eigenvalue weighted by molar-refractivity contribution is -0.126. The molecule has 1 saturated carbocycles. The van der Waals surface area contributed by atoms with Gasteiger partial charge in [0.15, 0.2) is 0 Å². The molecule has 0 aromatic heterocycles. The summed E-state index contributed by atoms with van der Waals surface area (Å²) in [4.78, 5) is 12.6. The first-order valence-electron chi connectivity index (χ1n) is 6.94. The van der Waals surface area contributed by atoms with E-state index in [0.717, 1.165) is 53.1 Å². The summed E-state index contributed by atoms with van der Waals surface area (Å²) < 4.78 is 1.15. The van der Waals surface area contributed by atoms with E-state index < -0.39 is 0 Å². The molecule has 2 N–H and O–H groups in total. The van der Waals surface area contributed by atoms with Gasteiger partial charge in [0.2, 0.25) is 5.91 Å². The number of nitrogens with one attached hydrogen (secondary N) is 2. The Balaban J connectivity index is 1.88. The van der Waals surface area contributed by atoms with Crippen LogP contribution in [-0.4, -0.2) is 12.5 Å². The first-order valence-corrected chi connectivity index (χ1v) is 8.02. The molecule has 19 heavy (non-hydrogen) atoms. The highest BCUT2D eigenvalue weighted by atomic mass is 127. The average Bonchev–Trinajstić information content (AvgIpc) is 2.51. The van der Waals surface area contributed by atoms with Gasteiger partial charge in [0.1, 0.15) is 0 Å². The Kier molecular flexibility index (Phi) is 3.45. The smallest absolute Gasteiger partial charge is 0.232 e. The minimum Gasteiger partial charge on any atom is -0.382 e. The first kappa shape index (κ1) is 13.2. The van der Waals surface area contributed by atoms with E-state index in [1.165, 1.54) is 0 Å². The molecule has 3 rings (SSSR count). The van der Waals surface area contributed by atoms with Crippen LogP contribution < -0.4 is 10.6 Å². The van der Waals surface area contributed by atoms with E-state index in [9.17, 15) is 4.79 Å². The summed E-state index contributed by atoms with van der Waals surface area (Å²) in [6.45, 7) is 3.05. The standard InChI is InChI=1S/C15H19IN2O/c1-10-4-6-15(7-5-10)9-17-12-3-2-11(16)8-13(12)18-14(15)19/h2-3,8,10,17H,4-7,9H2,1H3,(H,18,19). The number of halogens is 1. The van der Waals surface area contributed by atoms with Crippen LogP contribution in [0, 0.1) is 14.9 Å². The summed E-state index contributed by atoms with van der Waals surface area (Å²) in [5, 5.41) is 6.60. The number of hydrogen-bond acceptors (Lipinski definition) is 2. The normalized spacial score (nSPS) is 30.2. The number of benzene rings is 1. The van der Waals surface area contributed by atoms with Crippen molar-refractivity contribution >= 4 is 39.9 Å². The number of carbonyl (C=O) groups excluding carboxylic acids is 1. The third-order valence-electron chi connectivity index (χ3n) is 4.56. The van der Waals surface area contributed by atoms with Gasteiger partial charge in [0, 0.05) is 10.1 Å². The summed E-state index contributed by atoms with van der Waals surface area (Å²) in [6.07, 6.45) is 4.31. The maximum absolute atomic E-state index is 12.6. The van der Waals surface area contributed by atoms with E-state index in [-0.39, 0.29) is 11.3 Å². The van der Waals surface area contributed by atoms with Crippen LogP contribution in [0.4, 0.5) is 11.4 Å². The van der Waals surface area contributed by atoms with Gasteiger partial charge < -0.3 is 10.6 Å². The Morgan fingerprint density at radius 2 is 2.00 bits per heavy atom. The highest BCUT2D eigenvalue weighted by Gasteiger charge is 2.42. The third-order valence-corrected chi connectivity index (χ3v) is 5.23. The van der Waals surface area contributed by atoms with E-state index in [0.29, 0.717) is 0 Å². The van der Waals surface area contributed by atoms with Crippen LogP contribution in [0.15, 0.2) is 18.2 Å². The second-order valence-corrected chi connectivity index (χ2v) is 7.21. The van der Waals surface area contributed by atoms with Gasteiger partial charge >= 0.3 is 0 Å². The van der Waals surface area contributed by atoms with E-state index in [1.54, 1.807) is 0 Å². The summed E-state index contributed by atoms with van der Waals surface area (Å²) in [5.41, 5.74) is 1.76. The van der Waals surface area contributed by atoms with E-state index >= 15 is 0 Å². The number of carbonyl (C=O) groups is 1. The Hall–Kier alpha value is -0.780. The van der Waals surface area contributed by atoms with Gasteiger partial charge in [-0.15, -0.1) is 0 Å². The van der Waals surface area contributed by atoms with Crippen molar-refractivity contribution < 1.29 is 4.79 Å². The van der Waals surface area contributed by atoms with Gasteiger partial charge in [-0.1, -0.05) is 6.92 Å². The lowest BCUT2D eigenvalue weighted by Gasteiger charge is -2.36. The molecule has 0 bridgehead atoms. The fraction of sp³-hybridized carbons (Fsp3) is 0.533. The Bertz CT molecular complexity index is 507. The van der Waals surface area contributed by atoms with Crippen molar-refractivity contribution in [1.82, 2.24) is 0 Å². The van der Waals surface area contributed by atoms with Gasteiger partial charge in [0.25, 0.3) is 0 Å². The fourth-order valence-corrected chi connectivity index (χ4v) is 3.58. The molecule has 102 valence electrons. The van der Waals surface area contributed by atoms with Crippen molar-refractivity contribution in [2.45, 2.75) is 32.6 Å². The van der Waals surface area contributed by atoms with Gasteiger partial charge in [0.05, 0.1) is 16.8 Å². The third kappa shape index (κ3) is 2.47. The van der Waals surface area contributed by atoms with Crippen LogP contribution in [0.5, 0.6) is 0 Å². The molecule has 1 fully saturated rings. The first-order chi connectivity index (χ1) is 9.09. The van der Waals surface area contributed by atoms with Crippen molar-refractivity contribution in [3.63, 3.8) is 0 Å². The number of hydrogen-bond donors (Lipinski definition) is 2. The molecule has 1 spiro atoms. The molecule has 1 aromatic rings. The molecule has 1 amide bonds. The molecule has 0 atom stereocenters. The van der Waals surface area contributed by atoms with E-state index in [2.05, 4.69) is 52.3 Å². The molecular weight excluding hydrogens is 351 g/mol. The number of amides is 1. The Morgan fingerprint density at radius 3 is 2.74 bits per heavy atom. The summed E-state index contributed by atoms with van der Waals surface area (Å²) in [5.74, 6) is 0.956. The van der Waals surface area contributed by atoms with Crippen molar-refractivity contribution in [2.75, 3.05) is 17.2 Å². The van der Waals surface area contributed by atoms with E-state index in [4.69, 9.17) is 0 Å². The predicted molar refractivity (Wildman–Crippen MR) is 86.3 cm³/mol. The molecule has 0 saturated heterocycles. The molecule has 2 aliphatic rings. The monoisotopic (exact) mass is 370 g/mol. The average molecular weight is 370 g/mol. The molecule has 3 nitrogen and oxygen atoms in total. The second-order valence-electron chi connectivity index (χ2n) is 5.96. The SMILES string of the molecule is CC1CCC2(CC1)CNc1ccc(I)cc1NC2=O. The topological polar surface area (TPSA) is 41.1 Å². The maximum atomic E-state index is 12.6.